The van der Waals surface area contributed by atoms with Crippen LogP contribution in [0.2, 0.25) is 0 Å². The molecule has 0 aromatic heterocycles. The van der Waals surface area contributed by atoms with Gasteiger partial charge in [-0.15, -0.1) is 0 Å². The smallest absolute Gasteiger partial charge is 0.270 e. The second kappa shape index (κ2) is 6.33. The van der Waals surface area contributed by atoms with Crippen LogP contribution in [0.4, 0.5) is 5.69 Å². The van der Waals surface area contributed by atoms with Gasteiger partial charge in [0.05, 0.1) is 17.5 Å². The van der Waals surface area contributed by atoms with Crippen LogP contribution < -0.4 is 0 Å². The molecular weight excluding hydrogens is 272 g/mol. The van der Waals surface area contributed by atoms with Crippen molar-refractivity contribution in [1.29, 1.82) is 5.26 Å². The zero-order chi connectivity index (χ0) is 15.4. The van der Waals surface area contributed by atoms with Gasteiger partial charge in [0.2, 0.25) is 0 Å². The lowest BCUT2D eigenvalue weighted by atomic mass is 10.1. The summed E-state index contributed by atoms with van der Waals surface area (Å²) < 4.78 is 0. The van der Waals surface area contributed by atoms with E-state index in [1.165, 1.54) is 12.1 Å². The molecular formula is C14H16N4O3. The Morgan fingerprint density at radius 2 is 2.05 bits per heavy atom. The highest BCUT2D eigenvalue weighted by molar-refractivity contribution is 5.96. The van der Waals surface area contributed by atoms with Gasteiger partial charge in [-0.3, -0.25) is 19.8 Å². The van der Waals surface area contributed by atoms with E-state index < -0.39 is 4.92 Å². The van der Waals surface area contributed by atoms with Crippen molar-refractivity contribution in [3.8, 4) is 6.07 Å². The summed E-state index contributed by atoms with van der Waals surface area (Å²) in [7, 11) is 0. The fourth-order valence-corrected chi connectivity index (χ4v) is 2.33. The molecule has 0 bridgehead atoms. The van der Waals surface area contributed by atoms with Crippen molar-refractivity contribution in [3.63, 3.8) is 0 Å². The molecule has 1 aromatic carbocycles. The highest BCUT2D eigenvalue weighted by atomic mass is 16.6. The Balaban J connectivity index is 2.12. The summed E-state index contributed by atoms with van der Waals surface area (Å²) in [6.07, 6.45) is 0. The molecule has 1 aromatic rings. The lowest BCUT2D eigenvalue weighted by Crippen LogP contribution is -2.48. The Morgan fingerprint density at radius 1 is 1.38 bits per heavy atom. The van der Waals surface area contributed by atoms with Crippen LogP contribution in [0.1, 0.15) is 15.9 Å². The van der Waals surface area contributed by atoms with Crippen molar-refractivity contribution >= 4 is 11.6 Å². The van der Waals surface area contributed by atoms with Gasteiger partial charge in [-0.25, -0.2) is 0 Å². The highest BCUT2D eigenvalue weighted by Crippen LogP contribution is 2.19. The van der Waals surface area contributed by atoms with Crippen LogP contribution in [0.3, 0.4) is 0 Å². The van der Waals surface area contributed by atoms with E-state index in [2.05, 4.69) is 6.07 Å². The van der Waals surface area contributed by atoms with Gasteiger partial charge in [0.1, 0.15) is 0 Å². The van der Waals surface area contributed by atoms with E-state index in [1.54, 1.807) is 17.9 Å². The first-order valence-electron chi connectivity index (χ1n) is 6.66. The van der Waals surface area contributed by atoms with Gasteiger partial charge in [0.15, 0.2) is 0 Å². The van der Waals surface area contributed by atoms with E-state index in [1.807, 2.05) is 4.90 Å². The summed E-state index contributed by atoms with van der Waals surface area (Å²) in [4.78, 5) is 26.5. The maximum absolute atomic E-state index is 12.5. The standard InChI is InChI=1S/C14H16N4O3/c1-11-2-3-12(18(20)21)10-13(11)14(19)17-8-6-16(5-4-15)7-9-17/h2-3,10H,5-9H2,1H3. The fraction of sp³-hybridized carbons (Fsp3) is 0.429. The number of nitrogens with zero attached hydrogens (tertiary/aromatic N) is 4. The molecule has 2 rings (SSSR count). The van der Waals surface area contributed by atoms with Gasteiger partial charge in [-0.05, 0) is 12.5 Å². The molecule has 7 nitrogen and oxygen atoms in total. The van der Waals surface area contributed by atoms with Gasteiger partial charge in [-0.2, -0.15) is 5.26 Å². The number of nitro groups is 1. The number of nitro benzene ring substituents is 1. The first-order valence-corrected chi connectivity index (χ1v) is 6.66. The maximum Gasteiger partial charge on any atom is 0.270 e. The van der Waals surface area contributed by atoms with Gasteiger partial charge in [0.25, 0.3) is 11.6 Å². The fourth-order valence-electron chi connectivity index (χ4n) is 2.33. The van der Waals surface area contributed by atoms with Gasteiger partial charge in [0, 0.05) is 43.9 Å². The summed E-state index contributed by atoms with van der Waals surface area (Å²) in [5.74, 6) is -0.187. The number of rotatable bonds is 3. The van der Waals surface area contributed by atoms with E-state index in [9.17, 15) is 14.9 Å². The van der Waals surface area contributed by atoms with Crippen molar-refractivity contribution < 1.29 is 9.72 Å². The average Bonchev–Trinajstić information content (AvgIpc) is 2.48. The summed E-state index contributed by atoms with van der Waals surface area (Å²) in [6, 6.07) is 6.42. The van der Waals surface area contributed by atoms with E-state index >= 15 is 0 Å². The van der Waals surface area contributed by atoms with Crippen molar-refractivity contribution in [2.24, 2.45) is 0 Å². The first kappa shape index (κ1) is 14.9. The Kier molecular flexibility index (Phi) is 4.50. The number of nitriles is 1. The molecule has 0 N–H and O–H groups in total. The molecule has 0 radical (unpaired) electrons. The van der Waals surface area contributed by atoms with Crippen LogP contribution in [0.25, 0.3) is 0 Å². The minimum atomic E-state index is -0.499. The summed E-state index contributed by atoms with van der Waals surface area (Å²) in [5, 5.41) is 19.5. The molecule has 1 amide bonds. The van der Waals surface area contributed by atoms with Crippen LogP contribution in [-0.4, -0.2) is 53.4 Å². The molecule has 1 heterocycles. The lowest BCUT2D eigenvalue weighted by Gasteiger charge is -2.33. The number of piperazine rings is 1. The van der Waals surface area contributed by atoms with E-state index in [0.717, 1.165) is 5.56 Å². The van der Waals surface area contributed by atoms with E-state index in [4.69, 9.17) is 5.26 Å². The predicted octanol–water partition coefficient (Wildman–Crippen LogP) is 1.18. The Labute approximate surface area is 122 Å². The minimum Gasteiger partial charge on any atom is -0.336 e. The van der Waals surface area contributed by atoms with Crippen molar-refractivity contribution in [3.05, 3.63) is 39.4 Å². The second-order valence-corrected chi connectivity index (χ2v) is 4.98. The zero-order valence-electron chi connectivity index (χ0n) is 11.8. The number of benzene rings is 1. The number of hydrogen-bond acceptors (Lipinski definition) is 5. The Hall–Kier alpha value is -2.46. The zero-order valence-corrected chi connectivity index (χ0v) is 11.8. The molecule has 1 fully saturated rings. The molecule has 0 atom stereocenters. The molecule has 1 aliphatic rings. The monoisotopic (exact) mass is 288 g/mol. The number of amides is 1. The molecule has 1 aliphatic heterocycles. The summed E-state index contributed by atoms with van der Waals surface area (Å²) in [5.41, 5.74) is 1.02. The Morgan fingerprint density at radius 3 is 2.62 bits per heavy atom. The number of carbonyl (C=O) groups is 1. The Bertz CT molecular complexity index is 601. The van der Waals surface area contributed by atoms with Crippen molar-refractivity contribution in [2.75, 3.05) is 32.7 Å². The normalized spacial score (nSPS) is 15.5. The summed E-state index contributed by atoms with van der Waals surface area (Å²) in [6.45, 7) is 4.48. The molecule has 0 unspecified atom stereocenters. The maximum atomic E-state index is 12.5. The predicted molar refractivity (Wildman–Crippen MR) is 75.8 cm³/mol. The number of aryl methyl sites for hydroxylation is 1. The van der Waals surface area contributed by atoms with E-state index in [-0.39, 0.29) is 11.6 Å². The topological polar surface area (TPSA) is 90.5 Å². The third-order valence-electron chi connectivity index (χ3n) is 3.62. The van der Waals surface area contributed by atoms with Crippen LogP contribution in [-0.2, 0) is 0 Å². The number of carbonyl (C=O) groups excluding carboxylic acids is 1. The molecule has 110 valence electrons. The third-order valence-corrected chi connectivity index (χ3v) is 3.62. The van der Waals surface area contributed by atoms with Crippen LogP contribution in [0, 0.1) is 28.4 Å². The van der Waals surface area contributed by atoms with Crippen LogP contribution in [0.5, 0.6) is 0 Å². The molecule has 0 aliphatic carbocycles. The van der Waals surface area contributed by atoms with Crippen LogP contribution in [0.15, 0.2) is 18.2 Å². The van der Waals surface area contributed by atoms with Crippen molar-refractivity contribution in [1.82, 2.24) is 9.80 Å². The molecule has 7 heteroatoms. The van der Waals surface area contributed by atoms with Crippen LogP contribution >= 0.6 is 0 Å². The van der Waals surface area contributed by atoms with Gasteiger partial charge < -0.3 is 4.90 Å². The molecule has 21 heavy (non-hydrogen) atoms. The van der Waals surface area contributed by atoms with Gasteiger partial charge in [-0.1, -0.05) is 6.07 Å². The van der Waals surface area contributed by atoms with Crippen molar-refractivity contribution in [2.45, 2.75) is 6.92 Å². The van der Waals surface area contributed by atoms with E-state index in [0.29, 0.717) is 38.3 Å². The summed E-state index contributed by atoms with van der Waals surface area (Å²) >= 11 is 0. The first-order chi connectivity index (χ1) is 10.0. The van der Waals surface area contributed by atoms with Gasteiger partial charge >= 0.3 is 0 Å². The SMILES string of the molecule is Cc1ccc([N+](=O)[O-])cc1C(=O)N1CCN(CC#N)CC1. The largest absolute Gasteiger partial charge is 0.336 e. The molecule has 0 saturated carbocycles. The highest BCUT2D eigenvalue weighted by Gasteiger charge is 2.24. The average molecular weight is 288 g/mol. The third kappa shape index (κ3) is 3.35. The number of non-ortho nitro benzene ring substituents is 1. The minimum absolute atomic E-state index is 0.0768. The lowest BCUT2D eigenvalue weighted by molar-refractivity contribution is -0.384. The second-order valence-electron chi connectivity index (χ2n) is 4.98. The number of hydrogen-bond donors (Lipinski definition) is 0. The molecule has 1 saturated heterocycles. The quantitative estimate of drug-likeness (QED) is 0.473. The molecule has 0 spiro atoms.